The fraction of sp³-hybridized carbons (Fsp3) is 0.296. The number of benzene rings is 2. The molecule has 0 radical (unpaired) electrons. The third kappa shape index (κ3) is 4.73. The molecule has 40 heavy (non-hydrogen) atoms. The van der Waals surface area contributed by atoms with Crippen LogP contribution in [-0.4, -0.2) is 34.3 Å². The number of rotatable bonds is 4. The van der Waals surface area contributed by atoms with E-state index < -0.39 is 23.7 Å². The van der Waals surface area contributed by atoms with Crippen molar-refractivity contribution in [3.63, 3.8) is 0 Å². The van der Waals surface area contributed by atoms with Gasteiger partial charge in [0.2, 0.25) is 5.76 Å². The number of carboxylic acids is 1. The van der Waals surface area contributed by atoms with Gasteiger partial charge in [-0.1, -0.05) is 51.3 Å². The maximum absolute atomic E-state index is 14.4. The van der Waals surface area contributed by atoms with Crippen LogP contribution in [0.25, 0.3) is 27.6 Å². The number of halogens is 6. The van der Waals surface area contributed by atoms with Crippen molar-refractivity contribution in [2.45, 2.75) is 31.9 Å². The fourth-order valence-corrected chi connectivity index (χ4v) is 7.17. The molecule has 2 aliphatic rings. The third-order valence-electron chi connectivity index (χ3n) is 7.52. The van der Waals surface area contributed by atoms with Crippen LogP contribution < -0.4 is 4.90 Å². The number of nitrogens with zero attached hydrogens (tertiary/aromatic N) is 3. The Labute approximate surface area is 238 Å². The second-order valence-electron chi connectivity index (χ2n) is 10.1. The molecule has 2 aromatic carbocycles. The van der Waals surface area contributed by atoms with E-state index in [1.54, 1.807) is 6.07 Å². The molecule has 2 fully saturated rings. The molecule has 208 valence electrons. The molecule has 1 saturated carbocycles. The molecule has 3 heterocycles. The van der Waals surface area contributed by atoms with Gasteiger partial charge in [-0.15, -0.1) is 0 Å². The number of alkyl halides is 3. The summed E-state index contributed by atoms with van der Waals surface area (Å²) in [5.74, 6) is -3.08. The van der Waals surface area contributed by atoms with Crippen LogP contribution in [0.2, 0.25) is 10.0 Å². The number of carboxylic acid groups (broad SMARTS) is 1. The molecular weight excluding hydrogens is 593 g/mol. The molecule has 0 amide bonds. The summed E-state index contributed by atoms with van der Waals surface area (Å²) < 4.78 is 60.9. The lowest BCUT2D eigenvalue weighted by Crippen LogP contribution is -2.44. The van der Waals surface area contributed by atoms with Crippen molar-refractivity contribution in [3.8, 4) is 11.3 Å². The minimum atomic E-state index is -4.75. The predicted octanol–water partition coefficient (Wildman–Crippen LogP) is 8.58. The number of hydrogen-bond acceptors (Lipinski definition) is 6. The number of aromatic carboxylic acids is 1. The molecule has 0 bridgehead atoms. The van der Waals surface area contributed by atoms with Gasteiger partial charge in [-0.05, 0) is 61.4 Å². The van der Waals surface area contributed by atoms with E-state index in [2.05, 4.69) is 10.1 Å². The number of carbonyl (C=O) groups is 1. The van der Waals surface area contributed by atoms with Gasteiger partial charge in [0.05, 0.1) is 25.9 Å². The third-order valence-corrected chi connectivity index (χ3v) is 9.21. The van der Waals surface area contributed by atoms with Gasteiger partial charge in [0, 0.05) is 18.7 Å². The van der Waals surface area contributed by atoms with Crippen LogP contribution in [0.15, 0.2) is 40.4 Å². The van der Waals surface area contributed by atoms with E-state index in [1.807, 2.05) is 4.90 Å². The topological polar surface area (TPSA) is 79.5 Å². The number of aromatic nitrogens is 2. The van der Waals surface area contributed by atoms with Crippen molar-refractivity contribution in [3.05, 3.63) is 68.7 Å². The Balaban J connectivity index is 1.21. The Kier molecular flexibility index (Phi) is 6.59. The molecule has 0 atom stereocenters. The monoisotopic (exact) mass is 611 g/mol. The summed E-state index contributed by atoms with van der Waals surface area (Å²) in [5.41, 5.74) is 0.730. The van der Waals surface area contributed by atoms with Gasteiger partial charge in [0.15, 0.2) is 10.9 Å². The van der Waals surface area contributed by atoms with E-state index in [1.165, 1.54) is 35.6 Å². The van der Waals surface area contributed by atoms with E-state index >= 15 is 0 Å². The zero-order valence-corrected chi connectivity index (χ0v) is 22.8. The van der Waals surface area contributed by atoms with Crippen molar-refractivity contribution in [1.82, 2.24) is 10.1 Å². The lowest BCUT2D eigenvalue weighted by atomic mass is 9.60. The number of fused-ring (bicyclic) bond motifs is 1. The molecule has 1 aliphatic carbocycles. The lowest BCUT2D eigenvalue weighted by Gasteiger charge is -2.49. The van der Waals surface area contributed by atoms with Crippen LogP contribution in [0.3, 0.4) is 0 Å². The van der Waals surface area contributed by atoms with E-state index in [9.17, 15) is 27.5 Å². The molecule has 4 aromatic rings. The molecule has 13 heteroatoms. The lowest BCUT2D eigenvalue weighted by molar-refractivity contribution is -0.155. The Bertz CT molecular complexity index is 1660. The molecule has 1 spiro atoms. The molecule has 6 nitrogen and oxygen atoms in total. The minimum Gasteiger partial charge on any atom is -0.478 e. The van der Waals surface area contributed by atoms with Gasteiger partial charge in [-0.3, -0.25) is 0 Å². The normalized spacial score (nSPS) is 16.9. The second kappa shape index (κ2) is 9.74. The summed E-state index contributed by atoms with van der Waals surface area (Å²) in [6.07, 6.45) is -0.461. The van der Waals surface area contributed by atoms with Gasteiger partial charge < -0.3 is 14.5 Å². The molecular formula is C27H19Cl2F4N3O3S. The highest BCUT2D eigenvalue weighted by molar-refractivity contribution is 7.22. The molecule has 0 unspecified atom stereocenters. The first-order chi connectivity index (χ1) is 18.9. The predicted molar refractivity (Wildman–Crippen MR) is 145 cm³/mol. The Morgan fingerprint density at radius 1 is 1.15 bits per heavy atom. The number of anilines is 1. The molecule has 2 aromatic heterocycles. The number of piperidine rings is 1. The van der Waals surface area contributed by atoms with Crippen molar-refractivity contribution in [2.24, 2.45) is 5.41 Å². The Morgan fingerprint density at radius 2 is 1.82 bits per heavy atom. The molecule has 6 rings (SSSR count). The standard InChI is InChI=1S/C27H19Cl2F4N3O3S/c28-16-2-1-3-17(29)20(16)21-15(23(39-35-21)27(31,32)33)8-13-11-26(12-13)4-6-36(7-5-26)25-34-22-18(30)9-14(24(37)38)10-19(22)40-25/h1-3,8-10H,4-7,11-12H2,(H,37,38). The van der Waals surface area contributed by atoms with Crippen molar-refractivity contribution in [1.29, 1.82) is 0 Å². The fourth-order valence-electron chi connectivity index (χ4n) is 5.52. The number of thiazole rings is 1. The van der Waals surface area contributed by atoms with E-state index in [0.29, 0.717) is 35.8 Å². The quantitative estimate of drug-likeness (QED) is 0.233. The molecule has 1 N–H and O–H groups in total. The van der Waals surface area contributed by atoms with Gasteiger partial charge in [0.25, 0.3) is 0 Å². The first kappa shape index (κ1) is 27.0. The zero-order valence-electron chi connectivity index (χ0n) is 20.5. The highest BCUT2D eigenvalue weighted by atomic mass is 35.5. The van der Waals surface area contributed by atoms with Gasteiger partial charge in [-0.2, -0.15) is 13.2 Å². The Hall–Kier alpha value is -3.15. The average Bonchev–Trinajstić information content (AvgIpc) is 3.48. The van der Waals surface area contributed by atoms with Crippen LogP contribution in [-0.2, 0) is 6.18 Å². The maximum Gasteiger partial charge on any atom is 0.453 e. The molecule has 1 saturated heterocycles. The average molecular weight is 612 g/mol. The van der Waals surface area contributed by atoms with Gasteiger partial charge in [0.1, 0.15) is 11.2 Å². The highest BCUT2D eigenvalue weighted by Gasteiger charge is 2.45. The van der Waals surface area contributed by atoms with E-state index in [-0.39, 0.29) is 43.4 Å². The SMILES string of the molecule is O=C(O)c1cc(F)c2nc(N3CCC4(CC3)CC(=Cc3c(-c5c(Cl)cccc5Cl)noc3C(F)(F)F)C4)sc2c1. The minimum absolute atomic E-state index is 0.0553. The first-order valence-electron chi connectivity index (χ1n) is 12.2. The summed E-state index contributed by atoms with van der Waals surface area (Å²) >= 11 is 13.8. The zero-order chi connectivity index (χ0) is 28.4. The maximum atomic E-state index is 14.4. The van der Waals surface area contributed by atoms with E-state index in [4.69, 9.17) is 27.7 Å². The van der Waals surface area contributed by atoms with Crippen LogP contribution in [0.1, 0.15) is 47.4 Å². The smallest absolute Gasteiger partial charge is 0.453 e. The van der Waals surface area contributed by atoms with Crippen LogP contribution in [0.4, 0.5) is 22.7 Å². The number of allylic oxidation sites excluding steroid dienone is 1. The summed E-state index contributed by atoms with van der Waals surface area (Å²) in [6.45, 7) is 1.28. The summed E-state index contributed by atoms with van der Waals surface area (Å²) in [5, 5.41) is 13.8. The van der Waals surface area contributed by atoms with Crippen molar-refractivity contribution >= 4 is 61.9 Å². The molecule has 1 aliphatic heterocycles. The van der Waals surface area contributed by atoms with Crippen LogP contribution >= 0.6 is 34.5 Å². The first-order valence-corrected chi connectivity index (χ1v) is 13.8. The van der Waals surface area contributed by atoms with Gasteiger partial charge >= 0.3 is 12.1 Å². The largest absolute Gasteiger partial charge is 0.478 e. The highest BCUT2D eigenvalue weighted by Crippen LogP contribution is 2.54. The summed E-state index contributed by atoms with van der Waals surface area (Å²) in [4.78, 5) is 17.7. The number of hydrogen-bond donors (Lipinski definition) is 1. The Morgan fingerprint density at radius 3 is 2.45 bits per heavy atom. The summed E-state index contributed by atoms with van der Waals surface area (Å²) in [6, 6.07) is 7.03. The van der Waals surface area contributed by atoms with Crippen molar-refractivity contribution < 1.29 is 32.0 Å². The van der Waals surface area contributed by atoms with Crippen molar-refractivity contribution in [2.75, 3.05) is 18.0 Å². The second-order valence-corrected chi connectivity index (χ2v) is 11.9. The van der Waals surface area contributed by atoms with Gasteiger partial charge in [-0.25, -0.2) is 14.2 Å². The van der Waals surface area contributed by atoms with E-state index in [0.717, 1.165) is 24.5 Å². The van der Waals surface area contributed by atoms with Crippen LogP contribution in [0, 0.1) is 11.2 Å². The van der Waals surface area contributed by atoms with Crippen LogP contribution in [0.5, 0.6) is 0 Å². The summed E-state index contributed by atoms with van der Waals surface area (Å²) in [7, 11) is 0.